The zero-order valence-electron chi connectivity index (χ0n) is 29.0. The van der Waals surface area contributed by atoms with Crippen LogP contribution in [0, 0.1) is 33.5 Å². The monoisotopic (exact) mass is 659 g/mol. The van der Waals surface area contributed by atoms with Gasteiger partial charge in [-0.1, -0.05) is 105 Å². The van der Waals surface area contributed by atoms with Crippen LogP contribution in [0.15, 0.2) is 96.6 Å². The molecule has 1 amide bonds. The van der Waals surface area contributed by atoms with Crippen molar-refractivity contribution in [3.63, 3.8) is 0 Å². The first kappa shape index (κ1) is 32.5. The third-order valence-corrected chi connectivity index (χ3v) is 14.2. The van der Waals surface area contributed by atoms with E-state index in [0.717, 1.165) is 54.0 Å². The molecule has 0 saturated heterocycles. The third-order valence-electron chi connectivity index (χ3n) is 14.2. The number of hydrogen-bond acceptors (Lipinski definition) is 5. The van der Waals surface area contributed by atoms with E-state index >= 15 is 0 Å². The van der Waals surface area contributed by atoms with Crippen molar-refractivity contribution in [1.29, 1.82) is 0 Å². The van der Waals surface area contributed by atoms with E-state index in [0.29, 0.717) is 24.9 Å². The summed E-state index contributed by atoms with van der Waals surface area (Å²) >= 11 is 0. The zero-order valence-corrected chi connectivity index (χ0v) is 29.0. The lowest BCUT2D eigenvalue weighted by molar-refractivity contribution is -0.175. The first-order valence-electron chi connectivity index (χ1n) is 18.3. The Bertz CT molecular complexity index is 1860. The molecule has 0 heterocycles. The number of rotatable bonds is 7. The van der Waals surface area contributed by atoms with E-state index in [9.17, 15) is 19.8 Å². The maximum absolute atomic E-state index is 14.7. The van der Waals surface area contributed by atoms with E-state index in [4.69, 9.17) is 4.74 Å². The fourth-order valence-electron chi connectivity index (χ4n) is 11.7. The highest BCUT2D eigenvalue weighted by molar-refractivity contribution is 6.10. The Morgan fingerprint density at radius 3 is 2.35 bits per heavy atom. The van der Waals surface area contributed by atoms with Gasteiger partial charge in [0.05, 0.1) is 24.9 Å². The van der Waals surface area contributed by atoms with Crippen LogP contribution in [0.1, 0.15) is 81.6 Å². The normalized spacial score (nSPS) is 37.2. The molecule has 8 atom stereocenters. The highest BCUT2D eigenvalue weighted by Gasteiger charge is 2.74. The fraction of sp³-hybridized carbons (Fsp3) is 0.488. The van der Waals surface area contributed by atoms with Crippen molar-refractivity contribution in [2.45, 2.75) is 84.0 Å². The van der Waals surface area contributed by atoms with Crippen LogP contribution in [0.25, 0.3) is 10.8 Å². The number of benzene rings is 3. The van der Waals surface area contributed by atoms with Crippen molar-refractivity contribution in [2.24, 2.45) is 33.5 Å². The Kier molecular flexibility index (Phi) is 7.55. The Labute approximate surface area is 289 Å². The Balaban J connectivity index is 1.20. The fourth-order valence-corrected chi connectivity index (χ4v) is 11.7. The van der Waals surface area contributed by atoms with Crippen molar-refractivity contribution in [3.8, 4) is 0 Å². The maximum atomic E-state index is 14.7. The SMILES string of the molecule is CCOC(=O)N(Cc1cccc2ccccc12)CC1(O)CCC2C34C=CC5(C=C3C(=O)c3ccccc3)CC(O)CCC5(C)C4CCC21C. The number of Topliss-reactive ketones (excluding diaryl/α,β-unsaturated/α-hetero) is 1. The molecule has 6 nitrogen and oxygen atoms in total. The van der Waals surface area contributed by atoms with Crippen LogP contribution < -0.4 is 0 Å². The first-order valence-corrected chi connectivity index (χ1v) is 18.3. The van der Waals surface area contributed by atoms with Crippen LogP contribution in [0.5, 0.6) is 0 Å². The quantitative estimate of drug-likeness (QED) is 0.197. The van der Waals surface area contributed by atoms with E-state index in [-0.39, 0.29) is 41.6 Å². The van der Waals surface area contributed by atoms with Crippen molar-refractivity contribution in [2.75, 3.05) is 13.2 Å². The molecule has 2 spiro atoms. The van der Waals surface area contributed by atoms with Crippen LogP contribution in [-0.4, -0.2) is 51.8 Å². The van der Waals surface area contributed by atoms with Gasteiger partial charge in [0.15, 0.2) is 5.78 Å². The Morgan fingerprint density at radius 1 is 0.857 bits per heavy atom. The number of aliphatic hydroxyl groups is 2. The molecule has 0 aromatic heterocycles. The smallest absolute Gasteiger partial charge is 0.410 e. The lowest BCUT2D eigenvalue weighted by Gasteiger charge is -2.71. The van der Waals surface area contributed by atoms with E-state index in [1.54, 1.807) is 4.90 Å². The van der Waals surface area contributed by atoms with Gasteiger partial charge in [0.2, 0.25) is 0 Å². The first-order chi connectivity index (χ1) is 23.5. The van der Waals surface area contributed by atoms with Gasteiger partial charge in [0.25, 0.3) is 0 Å². The minimum atomic E-state index is -1.18. The number of fused-ring (bicyclic) bond motifs is 2. The summed E-state index contributed by atoms with van der Waals surface area (Å²) in [6.07, 6.45) is 11.4. The average molecular weight is 660 g/mol. The summed E-state index contributed by atoms with van der Waals surface area (Å²) in [6.45, 7) is 7.18. The summed E-state index contributed by atoms with van der Waals surface area (Å²) in [5, 5.41) is 26.2. The predicted molar refractivity (Wildman–Crippen MR) is 191 cm³/mol. The highest BCUT2D eigenvalue weighted by Crippen LogP contribution is 2.78. The Morgan fingerprint density at radius 2 is 1.55 bits per heavy atom. The number of hydrogen-bond donors (Lipinski definition) is 2. The van der Waals surface area contributed by atoms with Crippen molar-refractivity contribution in [3.05, 3.63) is 108 Å². The number of carbonyl (C=O) groups is 2. The summed E-state index contributed by atoms with van der Waals surface area (Å²) in [5.41, 5.74) is -0.228. The molecule has 3 saturated carbocycles. The molecule has 2 bridgehead atoms. The van der Waals surface area contributed by atoms with Gasteiger partial charge in [0, 0.05) is 33.9 Å². The lowest BCUT2D eigenvalue weighted by atomic mass is 9.32. The van der Waals surface area contributed by atoms with Gasteiger partial charge in [0.1, 0.15) is 0 Å². The average Bonchev–Trinajstić information content (AvgIpc) is 3.38. The number of ketones is 1. The van der Waals surface area contributed by atoms with Gasteiger partial charge in [-0.15, -0.1) is 0 Å². The van der Waals surface area contributed by atoms with Crippen molar-refractivity contribution < 1.29 is 24.5 Å². The summed E-state index contributed by atoms with van der Waals surface area (Å²) < 4.78 is 5.61. The molecule has 6 aliphatic rings. The van der Waals surface area contributed by atoms with Gasteiger partial charge >= 0.3 is 6.09 Å². The highest BCUT2D eigenvalue weighted by atomic mass is 16.6. The number of ether oxygens (including phenoxy) is 1. The molecule has 0 aliphatic heterocycles. The van der Waals surface area contributed by atoms with E-state index in [2.05, 4.69) is 56.3 Å². The molecule has 256 valence electrons. The molecule has 9 rings (SSSR count). The second-order valence-electron chi connectivity index (χ2n) is 16.2. The molecule has 0 radical (unpaired) electrons. The molecule has 3 aromatic carbocycles. The summed E-state index contributed by atoms with van der Waals surface area (Å²) in [4.78, 5) is 30.1. The van der Waals surface area contributed by atoms with E-state index < -0.39 is 28.6 Å². The molecule has 8 unspecified atom stereocenters. The van der Waals surface area contributed by atoms with Crippen molar-refractivity contribution in [1.82, 2.24) is 4.90 Å². The minimum absolute atomic E-state index is 0.00230. The van der Waals surface area contributed by atoms with Gasteiger partial charge < -0.3 is 19.8 Å². The number of carbonyl (C=O) groups excluding carboxylic acids is 2. The molecule has 2 N–H and O–H groups in total. The standard InChI is InChI=1S/C43H49NO5/c1-4-49-38(47)44(27-31-15-10-14-29-11-8-9-16-33(29)31)28-42(48)22-19-36-40(42,3)21-18-35-39(2)20-17-32(45)25-41(39)23-24-43(35,36)34(26-41)37(46)30-12-6-5-7-13-30/h5-16,23-24,26,32,35-36,45,48H,4,17-22,25,27-28H2,1-3H3. The second kappa shape index (κ2) is 11.4. The summed E-state index contributed by atoms with van der Waals surface area (Å²) in [5.74, 6) is 0.269. The minimum Gasteiger partial charge on any atom is -0.450 e. The molecule has 6 heteroatoms. The summed E-state index contributed by atoms with van der Waals surface area (Å²) in [6, 6.07) is 23.9. The third kappa shape index (κ3) is 4.52. The number of aliphatic hydroxyl groups excluding tert-OH is 1. The van der Waals surface area contributed by atoms with E-state index in [1.807, 2.05) is 55.5 Å². The number of allylic oxidation sites excluding steroid dienone is 4. The number of nitrogens with zero attached hydrogens (tertiary/aromatic N) is 1. The Hall–Kier alpha value is -3.74. The zero-order chi connectivity index (χ0) is 34.2. The summed E-state index contributed by atoms with van der Waals surface area (Å²) in [7, 11) is 0. The van der Waals surface area contributed by atoms with Crippen LogP contribution in [-0.2, 0) is 11.3 Å². The predicted octanol–water partition coefficient (Wildman–Crippen LogP) is 8.27. The van der Waals surface area contributed by atoms with Crippen molar-refractivity contribution >= 4 is 22.6 Å². The molecule has 6 aliphatic carbocycles. The lowest BCUT2D eigenvalue weighted by Crippen LogP contribution is -2.67. The van der Waals surface area contributed by atoms with Crippen LogP contribution in [0.2, 0.25) is 0 Å². The maximum Gasteiger partial charge on any atom is 0.410 e. The number of amides is 1. The van der Waals surface area contributed by atoms with Gasteiger partial charge in [-0.3, -0.25) is 4.79 Å². The molecular weight excluding hydrogens is 610 g/mol. The van der Waals surface area contributed by atoms with Gasteiger partial charge in [-0.25, -0.2) is 4.79 Å². The van der Waals surface area contributed by atoms with Crippen LogP contribution in [0.3, 0.4) is 0 Å². The molecular formula is C43H49NO5. The topological polar surface area (TPSA) is 87.1 Å². The van der Waals surface area contributed by atoms with Gasteiger partial charge in [-0.2, -0.15) is 0 Å². The van der Waals surface area contributed by atoms with Gasteiger partial charge in [-0.05, 0) is 85.5 Å². The van der Waals surface area contributed by atoms with E-state index in [1.165, 1.54) is 0 Å². The molecule has 3 fully saturated rings. The largest absolute Gasteiger partial charge is 0.450 e. The second-order valence-corrected chi connectivity index (χ2v) is 16.2. The molecule has 49 heavy (non-hydrogen) atoms. The van der Waals surface area contributed by atoms with Crippen LogP contribution >= 0.6 is 0 Å². The molecule has 3 aromatic rings. The van der Waals surface area contributed by atoms with Crippen LogP contribution in [0.4, 0.5) is 4.79 Å².